The van der Waals surface area contributed by atoms with E-state index in [-0.39, 0.29) is 5.56 Å². The van der Waals surface area contributed by atoms with E-state index in [0.29, 0.717) is 5.58 Å². The van der Waals surface area contributed by atoms with Crippen molar-refractivity contribution in [3.05, 3.63) is 29.7 Å². The van der Waals surface area contributed by atoms with Crippen molar-refractivity contribution in [3.8, 4) is 0 Å². The van der Waals surface area contributed by atoms with Crippen LogP contribution in [-0.4, -0.2) is 18.2 Å². The van der Waals surface area contributed by atoms with Gasteiger partial charge in [-0.2, -0.15) is 0 Å². The second-order valence-electron chi connectivity index (χ2n) is 2.48. The minimum atomic E-state index is -0.937. The van der Waals surface area contributed by atoms with E-state index in [1.54, 1.807) is 18.1 Å². The fourth-order valence-corrected chi connectivity index (χ4v) is 1.09. The molecule has 0 bridgehead atoms. The molecule has 0 aliphatic heterocycles. The summed E-state index contributed by atoms with van der Waals surface area (Å²) < 4.78 is 5.05. The van der Waals surface area contributed by atoms with E-state index in [4.69, 9.17) is 9.44 Å². The average Bonchev–Trinajstić information content (AvgIpc) is 2.49. The Labute approximate surface area is 68.9 Å². The first kappa shape index (κ1) is 7.09. The van der Waals surface area contributed by atoms with Crippen molar-refractivity contribution < 1.29 is 14.2 Å². The van der Waals surface area contributed by atoms with Gasteiger partial charge >= 0.3 is 68.0 Å². The number of aromatic carboxylic acids is 1. The molecule has 0 saturated carbocycles. The van der Waals surface area contributed by atoms with E-state index in [1.165, 1.54) is 13.2 Å². The van der Waals surface area contributed by atoms with Crippen molar-refractivity contribution in [2.75, 3.05) is 0 Å². The van der Waals surface area contributed by atoms with Crippen molar-refractivity contribution in [2.24, 2.45) is 0 Å². The minimum absolute atomic E-state index is 0.248. The fourth-order valence-electron chi connectivity index (χ4n) is 1.09. The van der Waals surface area contributed by atoms with Crippen LogP contribution >= 0.6 is 0 Å². The topological polar surface area (TPSA) is 50.4 Å². The molecular formula is C8H5BO3. The zero-order valence-corrected chi connectivity index (χ0v) is 6.15. The molecular weight excluding hydrogens is 155 g/mol. The third-order valence-electron chi connectivity index (χ3n) is 1.70. The van der Waals surface area contributed by atoms with Crippen LogP contribution in [0, 0.1) is 0 Å². The molecule has 0 radical (unpaired) electrons. The molecule has 0 amide bonds. The molecule has 4 heteroatoms. The van der Waals surface area contributed by atoms with Crippen molar-refractivity contribution >= 4 is 24.1 Å². The van der Waals surface area contributed by atoms with Crippen LogP contribution in [0.15, 0.2) is 28.5 Å². The first-order valence-electron chi connectivity index (χ1n) is 3.48. The van der Waals surface area contributed by atoms with Gasteiger partial charge in [0.2, 0.25) is 0 Å². The summed E-state index contributed by atoms with van der Waals surface area (Å²) in [7, 11) is 1.54. The molecule has 1 aromatic carbocycles. The Balaban J connectivity index is 2.68. The normalized spacial score (nSPS) is 10.0. The van der Waals surface area contributed by atoms with Gasteiger partial charge in [-0.05, 0) is 0 Å². The average molecular weight is 160 g/mol. The first-order chi connectivity index (χ1) is 5.77. The van der Waals surface area contributed by atoms with E-state index in [2.05, 4.69) is 0 Å². The number of fused-ring (bicyclic) bond motifs is 1. The Morgan fingerprint density at radius 1 is 1.50 bits per heavy atom. The van der Waals surface area contributed by atoms with Gasteiger partial charge in [-0.1, -0.05) is 0 Å². The number of hydrogen-bond acceptors (Lipinski definition) is 2. The number of rotatable bonds is 1. The molecule has 1 aromatic heterocycles. The van der Waals surface area contributed by atoms with Gasteiger partial charge in [-0.25, -0.2) is 0 Å². The quantitative estimate of drug-likeness (QED) is 0.686. The van der Waals surface area contributed by atoms with Crippen LogP contribution in [0.3, 0.4) is 0 Å². The monoisotopic (exact) mass is 160 g/mol. The van der Waals surface area contributed by atoms with Gasteiger partial charge in [-0.3, -0.25) is 0 Å². The third kappa shape index (κ3) is 1.01. The SMILES string of the molecule is O=C(O)c1ccc2cboc2c1. The zero-order chi connectivity index (χ0) is 8.55. The summed E-state index contributed by atoms with van der Waals surface area (Å²) >= 11 is 0. The van der Waals surface area contributed by atoms with E-state index < -0.39 is 5.97 Å². The molecule has 58 valence electrons. The molecule has 0 fully saturated rings. The maximum absolute atomic E-state index is 10.5. The van der Waals surface area contributed by atoms with Gasteiger partial charge in [0.25, 0.3) is 0 Å². The second-order valence-corrected chi connectivity index (χ2v) is 2.48. The Kier molecular flexibility index (Phi) is 1.47. The van der Waals surface area contributed by atoms with E-state index in [0.717, 1.165) is 5.39 Å². The van der Waals surface area contributed by atoms with Gasteiger partial charge in [0.1, 0.15) is 0 Å². The molecule has 2 aromatic rings. The molecule has 0 saturated heterocycles. The molecule has 1 heterocycles. The Morgan fingerprint density at radius 3 is 3.08 bits per heavy atom. The van der Waals surface area contributed by atoms with Crippen LogP contribution in [0.4, 0.5) is 0 Å². The predicted octanol–water partition coefficient (Wildman–Crippen LogP) is 1.47. The van der Waals surface area contributed by atoms with Crippen molar-refractivity contribution in [2.45, 2.75) is 0 Å². The van der Waals surface area contributed by atoms with Crippen molar-refractivity contribution in [1.29, 1.82) is 0 Å². The van der Waals surface area contributed by atoms with Crippen molar-refractivity contribution in [1.82, 2.24) is 0 Å². The van der Waals surface area contributed by atoms with Crippen LogP contribution in [0.1, 0.15) is 10.4 Å². The Morgan fingerprint density at radius 2 is 2.33 bits per heavy atom. The van der Waals surface area contributed by atoms with E-state index in [1.807, 2.05) is 0 Å². The van der Waals surface area contributed by atoms with Crippen LogP contribution in [0.5, 0.6) is 0 Å². The molecule has 0 aliphatic carbocycles. The molecule has 0 spiro atoms. The predicted molar refractivity (Wildman–Crippen MR) is 44.5 cm³/mol. The van der Waals surface area contributed by atoms with E-state index >= 15 is 0 Å². The molecule has 12 heavy (non-hydrogen) atoms. The Hall–Kier alpha value is -1.58. The van der Waals surface area contributed by atoms with Gasteiger partial charge in [-0.15, -0.1) is 0 Å². The summed E-state index contributed by atoms with van der Waals surface area (Å²) in [5.74, 6) is 0.856. The van der Waals surface area contributed by atoms with Gasteiger partial charge < -0.3 is 0 Å². The number of carboxylic acids is 1. The summed E-state index contributed by atoms with van der Waals surface area (Å²) in [5.41, 5.74) is 0.854. The molecule has 2 rings (SSSR count). The Bertz CT molecular complexity index is 433. The number of hydrogen-bond donors (Lipinski definition) is 1. The fraction of sp³-hybridized carbons (Fsp3) is 0. The summed E-state index contributed by atoms with van der Waals surface area (Å²) in [5, 5.41) is 9.56. The van der Waals surface area contributed by atoms with Crippen molar-refractivity contribution in [3.63, 3.8) is 0 Å². The molecule has 0 aliphatic rings. The van der Waals surface area contributed by atoms with E-state index in [9.17, 15) is 4.79 Å². The number of carboxylic acid groups (broad SMARTS) is 1. The molecule has 0 unspecified atom stereocenters. The summed E-state index contributed by atoms with van der Waals surface area (Å²) in [6.45, 7) is 0. The molecule has 3 nitrogen and oxygen atoms in total. The molecule has 0 atom stereocenters. The van der Waals surface area contributed by atoms with Crippen LogP contribution in [-0.2, 0) is 0 Å². The van der Waals surface area contributed by atoms with Gasteiger partial charge in [0.05, 0.1) is 0 Å². The number of benzene rings is 1. The van der Waals surface area contributed by atoms with Crippen LogP contribution < -0.4 is 0 Å². The first-order valence-corrected chi connectivity index (χ1v) is 3.48. The second kappa shape index (κ2) is 2.48. The van der Waals surface area contributed by atoms with Crippen LogP contribution in [0.25, 0.3) is 11.0 Å². The zero-order valence-electron chi connectivity index (χ0n) is 6.15. The standard InChI is InChI=1S/C8H5BO3/c10-8(11)5-1-2-6-4-9-12-7(6)3-5/h1-4H,(H,10,11). The summed E-state index contributed by atoms with van der Waals surface area (Å²) in [4.78, 5) is 10.5. The van der Waals surface area contributed by atoms with Gasteiger partial charge in [0.15, 0.2) is 0 Å². The summed E-state index contributed by atoms with van der Waals surface area (Å²) in [6.07, 6.45) is 0. The third-order valence-corrected chi connectivity index (χ3v) is 1.70. The maximum atomic E-state index is 10.5. The van der Waals surface area contributed by atoms with Gasteiger partial charge in [0, 0.05) is 0 Å². The number of carbonyl (C=O) groups is 1. The van der Waals surface area contributed by atoms with Crippen LogP contribution in [0.2, 0.25) is 0 Å². The summed E-state index contributed by atoms with van der Waals surface area (Å²) in [6, 6.07) is 4.79. The molecule has 1 N–H and O–H groups in total.